The molecule has 1 heterocycles. The molecule has 0 spiro atoms. The molecule has 0 unspecified atom stereocenters. The van der Waals surface area contributed by atoms with Crippen molar-refractivity contribution in [2.75, 3.05) is 0 Å². The number of hydrogen-bond donors (Lipinski definition) is 0. The molecule has 0 aromatic carbocycles. The molecular formula is C13H24BrNOSSi. The van der Waals surface area contributed by atoms with Crippen LogP contribution in [0.5, 0.6) is 0 Å². The van der Waals surface area contributed by atoms with E-state index in [-0.39, 0.29) is 6.10 Å². The van der Waals surface area contributed by atoms with Crippen molar-refractivity contribution in [3.8, 4) is 0 Å². The van der Waals surface area contributed by atoms with Crippen molar-refractivity contribution < 1.29 is 4.43 Å². The predicted molar refractivity (Wildman–Crippen MR) is 85.7 cm³/mol. The van der Waals surface area contributed by atoms with E-state index < -0.39 is 8.32 Å². The van der Waals surface area contributed by atoms with Gasteiger partial charge in [0.15, 0.2) is 8.32 Å². The first-order chi connectivity index (χ1) is 8.48. The first kappa shape index (κ1) is 16.3. The van der Waals surface area contributed by atoms with Crippen molar-refractivity contribution in [1.82, 2.24) is 4.98 Å². The summed E-state index contributed by atoms with van der Waals surface area (Å²) in [6.07, 6.45) is 0.160. The number of hydrogen-bond acceptors (Lipinski definition) is 3. The summed E-state index contributed by atoms with van der Waals surface area (Å²) >= 11 is 5.13. The van der Waals surface area contributed by atoms with Gasteiger partial charge in [-0.25, -0.2) is 4.98 Å². The Morgan fingerprint density at radius 1 is 1.28 bits per heavy atom. The zero-order valence-corrected chi connectivity index (χ0v) is 15.4. The van der Waals surface area contributed by atoms with E-state index in [1.54, 1.807) is 11.3 Å². The van der Waals surface area contributed by atoms with Crippen LogP contribution in [0.25, 0.3) is 0 Å². The number of aromatic nitrogens is 1. The van der Waals surface area contributed by atoms with E-state index in [4.69, 9.17) is 4.43 Å². The van der Waals surface area contributed by atoms with Gasteiger partial charge in [-0.3, -0.25) is 0 Å². The molecule has 0 N–H and O–H groups in total. The molecular weight excluding hydrogens is 326 g/mol. The summed E-state index contributed by atoms with van der Waals surface area (Å²) in [5.41, 5.74) is 0. The van der Waals surface area contributed by atoms with Crippen LogP contribution >= 0.6 is 27.3 Å². The van der Waals surface area contributed by atoms with Crippen molar-refractivity contribution in [1.29, 1.82) is 0 Å². The molecule has 18 heavy (non-hydrogen) atoms. The molecule has 2 nitrogen and oxygen atoms in total. The number of rotatable bonds is 7. The molecule has 5 heteroatoms. The molecule has 0 saturated heterocycles. The minimum atomic E-state index is -1.57. The number of nitrogens with zero attached hydrogens (tertiary/aromatic N) is 1. The lowest BCUT2D eigenvalue weighted by atomic mass is 10.1. The second-order valence-corrected chi connectivity index (χ2v) is 11.5. The Morgan fingerprint density at radius 3 is 2.17 bits per heavy atom. The zero-order valence-electron chi connectivity index (χ0n) is 12.0. The average molecular weight is 350 g/mol. The Labute approximate surface area is 124 Å². The summed E-state index contributed by atoms with van der Waals surface area (Å²) in [6.45, 7) is 11.3. The maximum absolute atomic E-state index is 6.61. The summed E-state index contributed by atoms with van der Waals surface area (Å²) in [6, 6.07) is 3.57. The zero-order chi connectivity index (χ0) is 13.8. The third-order valence-corrected chi connectivity index (χ3v) is 9.89. The Bertz CT molecular complexity index is 357. The third kappa shape index (κ3) is 3.89. The van der Waals surface area contributed by atoms with Gasteiger partial charge >= 0.3 is 0 Å². The van der Waals surface area contributed by atoms with Gasteiger partial charge in [0.05, 0.1) is 6.10 Å². The van der Waals surface area contributed by atoms with Crippen LogP contribution in [0, 0.1) is 5.92 Å². The summed E-state index contributed by atoms with van der Waals surface area (Å²) in [4.78, 5) is 4.55. The normalized spacial score (nSPS) is 14.2. The van der Waals surface area contributed by atoms with E-state index >= 15 is 0 Å². The third-order valence-electron chi connectivity index (χ3n) is 3.65. The fourth-order valence-corrected chi connectivity index (χ4v) is 6.61. The highest BCUT2D eigenvalue weighted by Crippen LogP contribution is 2.36. The van der Waals surface area contributed by atoms with E-state index in [1.807, 2.05) is 5.38 Å². The van der Waals surface area contributed by atoms with Crippen molar-refractivity contribution in [3.05, 3.63) is 15.0 Å². The van der Waals surface area contributed by atoms with Crippen LogP contribution in [0.2, 0.25) is 18.1 Å². The van der Waals surface area contributed by atoms with E-state index in [0.717, 1.165) is 9.61 Å². The second kappa shape index (κ2) is 7.17. The van der Waals surface area contributed by atoms with Crippen molar-refractivity contribution in [3.63, 3.8) is 0 Å². The minimum Gasteiger partial charge on any atom is -0.407 e. The first-order valence-corrected chi connectivity index (χ1v) is 11.0. The number of thiazole rings is 1. The highest BCUT2D eigenvalue weighted by atomic mass is 79.9. The van der Waals surface area contributed by atoms with Crippen molar-refractivity contribution in [2.45, 2.75) is 58.9 Å². The minimum absolute atomic E-state index is 0.160. The van der Waals surface area contributed by atoms with Gasteiger partial charge in [0.25, 0.3) is 0 Å². The quantitative estimate of drug-likeness (QED) is 0.595. The Kier molecular flexibility index (Phi) is 6.51. The van der Waals surface area contributed by atoms with Gasteiger partial charge in [-0.1, -0.05) is 34.6 Å². The molecule has 0 bridgehead atoms. The van der Waals surface area contributed by atoms with Gasteiger partial charge < -0.3 is 4.43 Å². The second-order valence-electron chi connectivity index (χ2n) is 5.03. The SMILES string of the molecule is CC[Si](CC)(CC)O[C@@H](c1nc(Br)cs1)C(C)C. The fourth-order valence-electron chi connectivity index (χ4n) is 2.14. The van der Waals surface area contributed by atoms with Crippen LogP contribution in [-0.4, -0.2) is 13.3 Å². The maximum Gasteiger partial charge on any atom is 0.193 e. The van der Waals surface area contributed by atoms with E-state index in [1.165, 1.54) is 18.1 Å². The van der Waals surface area contributed by atoms with Crippen LogP contribution in [0.15, 0.2) is 9.98 Å². The van der Waals surface area contributed by atoms with Crippen LogP contribution in [-0.2, 0) is 4.43 Å². The molecule has 1 rings (SSSR count). The Balaban J connectivity index is 2.93. The summed E-state index contributed by atoms with van der Waals surface area (Å²) in [5.74, 6) is 0.472. The fraction of sp³-hybridized carbons (Fsp3) is 0.769. The molecule has 0 saturated carbocycles. The number of halogens is 1. The Hall–Kier alpha value is 0.287. The van der Waals surface area contributed by atoms with Crippen LogP contribution in [0.4, 0.5) is 0 Å². The topological polar surface area (TPSA) is 22.1 Å². The highest BCUT2D eigenvalue weighted by Gasteiger charge is 2.34. The standard InChI is InChI=1S/C13H24BrNOSSi/c1-6-18(7-2,8-3)16-12(10(4)5)13-15-11(14)9-17-13/h9-10,12H,6-8H2,1-5H3/t12-/m1/s1. The first-order valence-electron chi connectivity index (χ1n) is 6.76. The van der Waals surface area contributed by atoms with Crippen molar-refractivity contribution in [2.24, 2.45) is 5.92 Å². The smallest absolute Gasteiger partial charge is 0.193 e. The van der Waals surface area contributed by atoms with Crippen molar-refractivity contribution >= 4 is 35.6 Å². The summed E-state index contributed by atoms with van der Waals surface area (Å²) in [7, 11) is -1.57. The monoisotopic (exact) mass is 349 g/mol. The molecule has 104 valence electrons. The van der Waals surface area contributed by atoms with Crippen LogP contribution < -0.4 is 0 Å². The van der Waals surface area contributed by atoms with Gasteiger partial charge in [-0.2, -0.15) is 0 Å². The molecule has 0 aliphatic carbocycles. The summed E-state index contributed by atoms with van der Waals surface area (Å²) in [5, 5.41) is 3.16. The van der Waals surface area contributed by atoms with Gasteiger partial charge in [0.2, 0.25) is 0 Å². The lowest BCUT2D eigenvalue weighted by molar-refractivity contribution is 0.139. The Morgan fingerprint density at radius 2 is 1.83 bits per heavy atom. The largest absolute Gasteiger partial charge is 0.407 e. The van der Waals surface area contributed by atoms with E-state index in [0.29, 0.717) is 5.92 Å². The van der Waals surface area contributed by atoms with Gasteiger partial charge in [0, 0.05) is 5.38 Å². The molecule has 0 fully saturated rings. The maximum atomic E-state index is 6.61. The molecule has 0 aliphatic heterocycles. The van der Waals surface area contributed by atoms with E-state index in [9.17, 15) is 0 Å². The van der Waals surface area contributed by atoms with Gasteiger partial charge in [-0.05, 0) is 40.0 Å². The molecule has 1 atom stereocenters. The molecule has 1 aromatic heterocycles. The molecule has 1 aromatic rings. The van der Waals surface area contributed by atoms with Crippen LogP contribution in [0.1, 0.15) is 45.7 Å². The lowest BCUT2D eigenvalue weighted by Gasteiger charge is -2.34. The van der Waals surface area contributed by atoms with E-state index in [2.05, 4.69) is 55.5 Å². The summed E-state index contributed by atoms with van der Waals surface area (Å²) < 4.78 is 7.54. The lowest BCUT2D eigenvalue weighted by Crippen LogP contribution is -2.38. The molecule has 0 aliphatic rings. The average Bonchev–Trinajstić information content (AvgIpc) is 2.78. The molecule has 0 amide bonds. The van der Waals surface area contributed by atoms with Gasteiger partial charge in [-0.15, -0.1) is 11.3 Å². The predicted octanol–water partition coefficient (Wildman–Crippen LogP) is 5.62. The van der Waals surface area contributed by atoms with Gasteiger partial charge in [0.1, 0.15) is 9.61 Å². The molecule has 0 radical (unpaired) electrons. The van der Waals surface area contributed by atoms with Crippen LogP contribution in [0.3, 0.4) is 0 Å². The highest BCUT2D eigenvalue weighted by molar-refractivity contribution is 9.10.